The molecule has 0 saturated heterocycles. The molecule has 22 heavy (non-hydrogen) atoms. The van der Waals surface area contributed by atoms with E-state index in [4.69, 9.17) is 4.42 Å². The maximum absolute atomic E-state index is 12.2. The van der Waals surface area contributed by atoms with Crippen LogP contribution in [0.3, 0.4) is 0 Å². The molecule has 4 nitrogen and oxygen atoms in total. The zero-order valence-electron chi connectivity index (χ0n) is 12.7. The van der Waals surface area contributed by atoms with Gasteiger partial charge in [-0.1, -0.05) is 19.1 Å². The molecule has 3 aromatic rings. The topological polar surface area (TPSA) is 55.1 Å². The largest absolute Gasteiger partial charge is 0.464 e. The van der Waals surface area contributed by atoms with Gasteiger partial charge >= 0.3 is 0 Å². The molecule has 1 N–H and O–H groups in total. The molecule has 4 heteroatoms. The smallest absolute Gasteiger partial charge is 0.230 e. The third kappa shape index (κ3) is 2.86. The minimum Gasteiger partial charge on any atom is -0.464 e. The Morgan fingerprint density at radius 2 is 2.18 bits per heavy atom. The van der Waals surface area contributed by atoms with Gasteiger partial charge in [-0.15, -0.1) is 0 Å². The molecule has 0 fully saturated rings. The van der Waals surface area contributed by atoms with Gasteiger partial charge in [0, 0.05) is 17.1 Å². The molecular formula is C18H18N2O2. The first-order valence-electron chi connectivity index (χ1n) is 7.38. The Bertz CT molecular complexity index is 821. The fraction of sp³-hybridized carbons (Fsp3) is 0.222. The molecular weight excluding hydrogens is 276 g/mol. The van der Waals surface area contributed by atoms with Crippen molar-refractivity contribution in [1.29, 1.82) is 0 Å². The van der Waals surface area contributed by atoms with Gasteiger partial charge < -0.3 is 9.73 Å². The zero-order chi connectivity index (χ0) is 15.5. The number of aromatic nitrogens is 1. The van der Waals surface area contributed by atoms with E-state index < -0.39 is 0 Å². The summed E-state index contributed by atoms with van der Waals surface area (Å²) in [6.45, 7) is 4.03. The molecule has 0 saturated carbocycles. The lowest BCUT2D eigenvalue weighted by molar-refractivity contribution is -0.115. The van der Waals surface area contributed by atoms with E-state index in [2.05, 4.69) is 23.3 Å². The molecule has 0 bridgehead atoms. The molecule has 0 atom stereocenters. The number of pyridine rings is 1. The van der Waals surface area contributed by atoms with Crippen LogP contribution in [0.1, 0.15) is 23.6 Å². The monoisotopic (exact) mass is 294 g/mol. The summed E-state index contributed by atoms with van der Waals surface area (Å²) >= 11 is 0. The number of fused-ring (bicyclic) bond motifs is 1. The van der Waals surface area contributed by atoms with Crippen LogP contribution in [0.15, 0.2) is 47.2 Å². The Labute approximate surface area is 129 Å². The number of benzene rings is 1. The van der Waals surface area contributed by atoms with Crippen molar-refractivity contribution in [3.8, 4) is 0 Å². The minimum absolute atomic E-state index is 0.0913. The summed E-state index contributed by atoms with van der Waals surface area (Å²) in [6.07, 6.45) is 4.56. The van der Waals surface area contributed by atoms with Crippen LogP contribution in [0, 0.1) is 6.92 Å². The number of nitrogens with one attached hydrogen (secondary N) is 1. The number of rotatable bonds is 4. The number of amides is 1. The molecule has 0 unspecified atom stereocenters. The number of furan rings is 1. The van der Waals surface area contributed by atoms with Gasteiger partial charge in [0.05, 0.1) is 12.7 Å². The Kier molecular flexibility index (Phi) is 3.92. The average Bonchev–Trinajstić information content (AvgIpc) is 2.91. The summed E-state index contributed by atoms with van der Waals surface area (Å²) in [4.78, 5) is 16.4. The first-order chi connectivity index (χ1) is 10.7. The summed E-state index contributed by atoms with van der Waals surface area (Å²) in [7, 11) is 0. The Hall–Kier alpha value is -2.62. The van der Waals surface area contributed by atoms with Crippen molar-refractivity contribution in [3.05, 3.63) is 59.5 Å². The van der Waals surface area contributed by atoms with Crippen molar-refractivity contribution in [2.75, 3.05) is 5.32 Å². The second-order valence-corrected chi connectivity index (χ2v) is 5.34. The molecule has 0 aliphatic carbocycles. The molecule has 2 heterocycles. The lowest BCUT2D eigenvalue weighted by Crippen LogP contribution is -2.15. The Morgan fingerprint density at radius 1 is 1.32 bits per heavy atom. The van der Waals surface area contributed by atoms with Gasteiger partial charge in [-0.2, -0.15) is 0 Å². The van der Waals surface area contributed by atoms with Crippen molar-refractivity contribution in [2.45, 2.75) is 26.7 Å². The third-order valence-electron chi connectivity index (χ3n) is 3.74. The van der Waals surface area contributed by atoms with Crippen molar-refractivity contribution in [3.63, 3.8) is 0 Å². The normalized spacial score (nSPS) is 10.8. The first kappa shape index (κ1) is 14.3. The van der Waals surface area contributed by atoms with Gasteiger partial charge in [-0.25, -0.2) is 4.98 Å². The van der Waals surface area contributed by atoms with E-state index in [9.17, 15) is 4.79 Å². The number of carbonyl (C=O) groups excluding carboxylic acids is 1. The first-order valence-corrected chi connectivity index (χ1v) is 7.38. The summed E-state index contributed by atoms with van der Waals surface area (Å²) in [5.74, 6) is 0.515. The Balaban J connectivity index is 1.81. The predicted octanol–water partition coefficient (Wildman–Crippen LogP) is 3.88. The highest BCUT2D eigenvalue weighted by Crippen LogP contribution is 2.23. The standard InChI is InChI=1S/C18H18N2O2/c1-3-13-6-7-16-15(9-13)14(11-22-16)10-17(21)20-18-12(2)5-4-8-19-18/h4-9,11H,3,10H2,1-2H3,(H,19,20,21). The molecule has 112 valence electrons. The van der Waals surface area contributed by atoms with Crippen molar-refractivity contribution >= 4 is 22.7 Å². The van der Waals surface area contributed by atoms with Crippen molar-refractivity contribution in [2.24, 2.45) is 0 Å². The molecule has 0 spiro atoms. The molecule has 0 aliphatic rings. The van der Waals surface area contributed by atoms with Gasteiger partial charge in [0.15, 0.2) is 0 Å². The van der Waals surface area contributed by atoms with Gasteiger partial charge in [-0.3, -0.25) is 4.79 Å². The molecule has 2 aromatic heterocycles. The second-order valence-electron chi connectivity index (χ2n) is 5.34. The van der Waals surface area contributed by atoms with Crippen LogP contribution < -0.4 is 5.32 Å². The number of anilines is 1. The summed E-state index contributed by atoms with van der Waals surface area (Å²) in [6, 6.07) is 9.86. The van der Waals surface area contributed by atoms with E-state index in [1.807, 2.05) is 31.2 Å². The van der Waals surface area contributed by atoms with Gasteiger partial charge in [0.1, 0.15) is 11.4 Å². The lowest BCUT2D eigenvalue weighted by Gasteiger charge is -2.06. The van der Waals surface area contributed by atoms with Gasteiger partial charge in [0.25, 0.3) is 0 Å². The average molecular weight is 294 g/mol. The van der Waals surface area contributed by atoms with Gasteiger partial charge in [-0.05, 0) is 42.7 Å². The van der Waals surface area contributed by atoms with Crippen molar-refractivity contribution < 1.29 is 9.21 Å². The fourth-order valence-electron chi connectivity index (χ4n) is 2.45. The molecule has 3 rings (SSSR count). The highest BCUT2D eigenvalue weighted by molar-refractivity contribution is 5.95. The van der Waals surface area contributed by atoms with Gasteiger partial charge in [0.2, 0.25) is 5.91 Å². The minimum atomic E-state index is -0.0913. The van der Waals surface area contributed by atoms with E-state index in [1.54, 1.807) is 12.5 Å². The van der Waals surface area contributed by atoms with Crippen LogP contribution >= 0.6 is 0 Å². The zero-order valence-corrected chi connectivity index (χ0v) is 12.7. The molecule has 1 aromatic carbocycles. The number of hydrogen-bond acceptors (Lipinski definition) is 3. The van der Waals surface area contributed by atoms with E-state index in [0.29, 0.717) is 5.82 Å². The molecule has 1 amide bonds. The van der Waals surface area contributed by atoms with Crippen LogP contribution in [0.5, 0.6) is 0 Å². The van der Waals surface area contributed by atoms with E-state index in [0.717, 1.165) is 28.5 Å². The fourth-order valence-corrected chi connectivity index (χ4v) is 2.45. The Morgan fingerprint density at radius 3 is 2.95 bits per heavy atom. The quantitative estimate of drug-likeness (QED) is 0.794. The predicted molar refractivity (Wildman–Crippen MR) is 86.9 cm³/mol. The van der Waals surface area contributed by atoms with E-state index >= 15 is 0 Å². The maximum atomic E-state index is 12.2. The maximum Gasteiger partial charge on any atom is 0.230 e. The lowest BCUT2D eigenvalue weighted by atomic mass is 10.1. The summed E-state index contributed by atoms with van der Waals surface area (Å²) in [5, 5.41) is 3.86. The highest BCUT2D eigenvalue weighted by atomic mass is 16.3. The number of carbonyl (C=O) groups is 1. The van der Waals surface area contributed by atoms with Crippen LogP contribution in [-0.4, -0.2) is 10.9 Å². The van der Waals surface area contributed by atoms with E-state index in [-0.39, 0.29) is 12.3 Å². The van der Waals surface area contributed by atoms with Crippen molar-refractivity contribution in [1.82, 2.24) is 4.98 Å². The number of nitrogens with zero attached hydrogens (tertiary/aromatic N) is 1. The number of aryl methyl sites for hydroxylation is 2. The SMILES string of the molecule is CCc1ccc2occ(CC(=O)Nc3ncccc3C)c2c1. The second kappa shape index (κ2) is 6.02. The summed E-state index contributed by atoms with van der Waals surface area (Å²) in [5.41, 5.74) is 3.89. The molecule has 0 aliphatic heterocycles. The van der Waals surface area contributed by atoms with Crippen LogP contribution in [0.4, 0.5) is 5.82 Å². The van der Waals surface area contributed by atoms with E-state index in [1.165, 1.54) is 5.56 Å². The summed E-state index contributed by atoms with van der Waals surface area (Å²) < 4.78 is 5.53. The van der Waals surface area contributed by atoms with Crippen LogP contribution in [0.2, 0.25) is 0 Å². The highest BCUT2D eigenvalue weighted by Gasteiger charge is 2.12. The third-order valence-corrected chi connectivity index (χ3v) is 3.74. The molecule has 0 radical (unpaired) electrons. The van der Waals surface area contributed by atoms with Crippen LogP contribution in [-0.2, 0) is 17.6 Å². The number of hydrogen-bond donors (Lipinski definition) is 1. The van der Waals surface area contributed by atoms with Crippen LogP contribution in [0.25, 0.3) is 11.0 Å².